The molecule has 0 atom stereocenters. The van der Waals surface area contributed by atoms with Gasteiger partial charge in [0.05, 0.1) is 25.1 Å². The quantitative estimate of drug-likeness (QED) is 0.225. The van der Waals surface area contributed by atoms with E-state index in [0.29, 0.717) is 44.6 Å². The number of fused-ring (bicyclic) bond motifs is 1. The molecule has 4 aromatic rings. The summed E-state index contributed by atoms with van der Waals surface area (Å²) < 4.78 is 12.5. The van der Waals surface area contributed by atoms with Crippen molar-refractivity contribution in [2.45, 2.75) is 49.1 Å². The molecule has 0 aliphatic heterocycles. The van der Waals surface area contributed by atoms with Crippen molar-refractivity contribution in [1.29, 1.82) is 0 Å². The zero-order valence-electron chi connectivity index (χ0n) is 21.5. The van der Waals surface area contributed by atoms with Crippen LogP contribution in [-0.4, -0.2) is 34.7 Å². The van der Waals surface area contributed by atoms with Gasteiger partial charge in [-0.15, -0.1) is 0 Å². The van der Waals surface area contributed by atoms with E-state index >= 15 is 0 Å². The van der Waals surface area contributed by atoms with E-state index in [1.165, 1.54) is 6.42 Å². The molecule has 196 valence electrons. The lowest BCUT2D eigenvalue weighted by Gasteiger charge is -2.26. The molecule has 1 aliphatic rings. The van der Waals surface area contributed by atoms with Gasteiger partial charge in [-0.3, -0.25) is 19.1 Å². The molecule has 1 aliphatic carbocycles. The molecule has 5 rings (SSSR count). The van der Waals surface area contributed by atoms with Crippen molar-refractivity contribution in [3.63, 3.8) is 0 Å². The van der Waals surface area contributed by atoms with Crippen LogP contribution in [0.2, 0.25) is 0 Å². The van der Waals surface area contributed by atoms with Gasteiger partial charge in [0.15, 0.2) is 16.7 Å². The molecule has 0 radical (unpaired) electrons. The number of anilines is 1. The average Bonchev–Trinajstić information content (AvgIpc) is 2.96. The number of nitrogens with zero attached hydrogens (tertiary/aromatic N) is 3. The van der Waals surface area contributed by atoms with Crippen LogP contribution in [0.1, 0.15) is 54.1 Å². The van der Waals surface area contributed by atoms with Gasteiger partial charge >= 0.3 is 0 Å². The highest BCUT2D eigenvalue weighted by Crippen LogP contribution is 2.33. The minimum absolute atomic E-state index is 0.0500. The van der Waals surface area contributed by atoms with Gasteiger partial charge in [0, 0.05) is 41.5 Å². The highest BCUT2D eigenvalue weighted by Gasteiger charge is 2.22. The number of rotatable bonds is 8. The highest BCUT2D eigenvalue weighted by atomic mass is 32.2. The molecule has 2 aromatic heterocycles. The minimum Gasteiger partial charge on any atom is -0.493 e. The Bertz CT molecular complexity index is 1500. The predicted octanol–water partition coefficient (Wildman–Crippen LogP) is 5.86. The van der Waals surface area contributed by atoms with E-state index < -0.39 is 0 Å². The molecule has 9 heteroatoms. The van der Waals surface area contributed by atoms with Crippen LogP contribution in [0.3, 0.4) is 0 Å². The van der Waals surface area contributed by atoms with Crippen molar-refractivity contribution in [1.82, 2.24) is 14.5 Å². The number of methoxy groups -OCH3 is 2. The molecular weight excluding hydrogens is 500 g/mol. The van der Waals surface area contributed by atoms with Crippen molar-refractivity contribution in [3.8, 4) is 11.5 Å². The van der Waals surface area contributed by atoms with Crippen molar-refractivity contribution in [2.24, 2.45) is 0 Å². The number of amides is 1. The summed E-state index contributed by atoms with van der Waals surface area (Å²) in [7, 11) is 3.10. The van der Waals surface area contributed by atoms with Crippen LogP contribution < -0.4 is 20.3 Å². The van der Waals surface area contributed by atoms with Crippen molar-refractivity contribution < 1.29 is 14.3 Å². The Morgan fingerprint density at radius 2 is 1.76 bits per heavy atom. The van der Waals surface area contributed by atoms with Crippen LogP contribution in [0.25, 0.3) is 10.9 Å². The lowest BCUT2D eigenvalue weighted by atomic mass is 9.95. The molecule has 0 bridgehead atoms. The Balaban J connectivity index is 1.48. The second kappa shape index (κ2) is 11.7. The molecule has 2 heterocycles. The largest absolute Gasteiger partial charge is 0.493 e. The Hall–Kier alpha value is -3.85. The number of carbonyl (C=O) groups is 1. The number of pyridine rings is 1. The lowest BCUT2D eigenvalue weighted by molar-refractivity contribution is 0.102. The van der Waals surface area contributed by atoms with E-state index in [1.807, 2.05) is 16.7 Å². The molecule has 8 nitrogen and oxygen atoms in total. The van der Waals surface area contributed by atoms with Gasteiger partial charge in [-0.1, -0.05) is 31.0 Å². The number of nitrogens with one attached hydrogen (secondary N) is 1. The minimum atomic E-state index is -0.302. The smallest absolute Gasteiger partial charge is 0.262 e. The third-order valence-electron chi connectivity index (χ3n) is 6.83. The summed E-state index contributed by atoms with van der Waals surface area (Å²) >= 11 is 1.54. The number of hydrogen-bond acceptors (Lipinski definition) is 7. The van der Waals surface area contributed by atoms with Crippen LogP contribution in [0.5, 0.6) is 11.5 Å². The SMILES string of the molecule is COc1ccc(NC(=O)c2ccc3c(=O)n(C4CCCCC4)c(SCc4ccncc4)nc3c2)cc1OC. The maximum Gasteiger partial charge on any atom is 0.262 e. The summed E-state index contributed by atoms with van der Waals surface area (Å²) in [5.41, 5.74) is 2.56. The third-order valence-corrected chi connectivity index (χ3v) is 7.85. The maximum atomic E-state index is 13.7. The first-order chi connectivity index (χ1) is 18.6. The molecule has 38 heavy (non-hydrogen) atoms. The van der Waals surface area contributed by atoms with Gasteiger partial charge in [-0.2, -0.15) is 0 Å². The maximum absolute atomic E-state index is 13.7. The van der Waals surface area contributed by atoms with Crippen LogP contribution in [0.4, 0.5) is 5.69 Å². The average molecular weight is 531 g/mol. The molecule has 1 saturated carbocycles. The summed E-state index contributed by atoms with van der Waals surface area (Å²) in [5, 5.41) is 4.10. The first kappa shape index (κ1) is 25.8. The number of ether oxygens (including phenoxy) is 2. The molecule has 0 unspecified atom stereocenters. The van der Waals surface area contributed by atoms with E-state index in [4.69, 9.17) is 14.5 Å². The zero-order chi connectivity index (χ0) is 26.5. The van der Waals surface area contributed by atoms with Gasteiger partial charge < -0.3 is 14.8 Å². The Morgan fingerprint density at radius 1 is 1.00 bits per heavy atom. The first-order valence-electron chi connectivity index (χ1n) is 12.7. The summed E-state index contributed by atoms with van der Waals surface area (Å²) in [4.78, 5) is 35.8. The van der Waals surface area contributed by atoms with E-state index in [1.54, 1.807) is 74.8 Å². The van der Waals surface area contributed by atoms with E-state index in [2.05, 4.69) is 10.3 Å². The number of benzene rings is 2. The number of carbonyl (C=O) groups excluding carboxylic acids is 1. The molecule has 1 amide bonds. The fraction of sp³-hybridized carbons (Fsp3) is 0.310. The molecular formula is C29H30N4O4S. The van der Waals surface area contributed by atoms with Crippen LogP contribution in [-0.2, 0) is 5.75 Å². The summed E-state index contributed by atoms with van der Waals surface area (Å²) in [5.74, 6) is 1.46. The first-order valence-corrected chi connectivity index (χ1v) is 13.7. The molecule has 0 spiro atoms. The van der Waals surface area contributed by atoms with E-state index in [-0.39, 0.29) is 17.5 Å². The highest BCUT2D eigenvalue weighted by molar-refractivity contribution is 7.98. The van der Waals surface area contributed by atoms with E-state index in [0.717, 1.165) is 31.2 Å². The van der Waals surface area contributed by atoms with Crippen LogP contribution in [0, 0.1) is 0 Å². The predicted molar refractivity (Wildman–Crippen MR) is 149 cm³/mol. The second-order valence-electron chi connectivity index (χ2n) is 9.26. The normalized spacial score (nSPS) is 13.8. The second-order valence-corrected chi connectivity index (χ2v) is 10.2. The van der Waals surface area contributed by atoms with Crippen LogP contribution >= 0.6 is 11.8 Å². The fourth-order valence-corrected chi connectivity index (χ4v) is 5.85. The zero-order valence-corrected chi connectivity index (χ0v) is 22.3. The molecule has 1 fully saturated rings. The van der Waals surface area contributed by atoms with E-state index in [9.17, 15) is 9.59 Å². The summed E-state index contributed by atoms with van der Waals surface area (Å²) in [6, 6.07) is 14.3. The number of aromatic nitrogens is 3. The van der Waals surface area contributed by atoms with Gasteiger partial charge in [-0.25, -0.2) is 4.98 Å². The molecule has 0 saturated heterocycles. The van der Waals surface area contributed by atoms with Gasteiger partial charge in [0.2, 0.25) is 0 Å². The van der Waals surface area contributed by atoms with Gasteiger partial charge in [0.25, 0.3) is 11.5 Å². The van der Waals surface area contributed by atoms with Crippen molar-refractivity contribution in [3.05, 3.63) is 82.4 Å². The Kier molecular flexibility index (Phi) is 7.93. The summed E-state index contributed by atoms with van der Waals surface area (Å²) in [6.07, 6.45) is 8.90. The number of thioether (sulfide) groups is 1. The Labute approximate surface area is 225 Å². The third kappa shape index (κ3) is 5.52. The van der Waals surface area contributed by atoms with Crippen molar-refractivity contribution in [2.75, 3.05) is 19.5 Å². The van der Waals surface area contributed by atoms with Gasteiger partial charge in [0.1, 0.15) is 0 Å². The monoisotopic (exact) mass is 530 g/mol. The fourth-order valence-electron chi connectivity index (χ4n) is 4.83. The summed E-state index contributed by atoms with van der Waals surface area (Å²) in [6.45, 7) is 0. The number of hydrogen-bond donors (Lipinski definition) is 1. The lowest BCUT2D eigenvalue weighted by Crippen LogP contribution is -2.29. The molecule has 1 N–H and O–H groups in total. The molecule has 2 aromatic carbocycles. The van der Waals surface area contributed by atoms with Crippen LogP contribution in [0.15, 0.2) is 70.9 Å². The van der Waals surface area contributed by atoms with Gasteiger partial charge in [-0.05, 0) is 60.9 Å². The topological polar surface area (TPSA) is 95.3 Å². The Morgan fingerprint density at radius 3 is 2.50 bits per heavy atom. The standard InChI is InChI=1S/C29H30N4O4S/c1-36-25-11-9-21(17-26(25)37-2)31-27(34)20-8-10-23-24(16-20)32-29(38-18-19-12-14-30-15-13-19)33(28(23)35)22-6-4-3-5-7-22/h8-17,22H,3-7,18H2,1-2H3,(H,31,34). The van der Waals surface area contributed by atoms with Crippen molar-refractivity contribution >= 4 is 34.3 Å².